The molecule has 5 atom stereocenters. The second-order valence-electron chi connectivity index (χ2n) is 5.96. The molecule has 138 valence electrons. The minimum absolute atomic E-state index is 0.304. The van der Waals surface area contributed by atoms with E-state index >= 15 is 0 Å². The first-order chi connectivity index (χ1) is 12.0. The molecule has 0 aromatic heterocycles. The minimum Gasteiger partial charge on any atom is -0.477 e. The number of thioether (sulfide) groups is 1. The standard InChI is InChI=1S/C19H26O5S/c1-3-7-12(4-2)10-13-8-5-6-9-14(13)24-19-18(23)17(22)16(21)15(11-20)25-19/h3-9,15-23H,10-11H2,1-2H3/b7-3-,12-4+. The number of para-hydroxylation sites is 1. The summed E-state index contributed by atoms with van der Waals surface area (Å²) in [5, 5.41) is 38.9. The fraction of sp³-hybridized carbons (Fsp3) is 0.474. The minimum atomic E-state index is -1.36. The topological polar surface area (TPSA) is 90.2 Å². The first-order valence-electron chi connectivity index (χ1n) is 8.34. The maximum atomic E-state index is 10.2. The van der Waals surface area contributed by atoms with Crippen molar-refractivity contribution >= 4 is 11.8 Å². The Morgan fingerprint density at radius 2 is 1.84 bits per heavy atom. The average Bonchev–Trinajstić information content (AvgIpc) is 2.63. The van der Waals surface area contributed by atoms with Gasteiger partial charge in [0.2, 0.25) is 0 Å². The van der Waals surface area contributed by atoms with Crippen LogP contribution in [0.3, 0.4) is 0 Å². The van der Waals surface area contributed by atoms with Crippen LogP contribution in [0, 0.1) is 0 Å². The van der Waals surface area contributed by atoms with Crippen LogP contribution in [0.15, 0.2) is 48.1 Å². The normalized spacial score (nSPS) is 30.6. The zero-order chi connectivity index (χ0) is 18.4. The van der Waals surface area contributed by atoms with E-state index in [9.17, 15) is 20.4 Å². The van der Waals surface area contributed by atoms with Crippen molar-refractivity contribution in [2.45, 2.75) is 49.3 Å². The molecule has 4 N–H and O–H groups in total. The smallest absolute Gasteiger partial charge is 0.173 e. The van der Waals surface area contributed by atoms with Crippen molar-refractivity contribution in [3.05, 3.63) is 53.6 Å². The van der Waals surface area contributed by atoms with Gasteiger partial charge >= 0.3 is 0 Å². The third-order valence-corrected chi connectivity index (χ3v) is 5.63. The maximum Gasteiger partial charge on any atom is 0.173 e. The van der Waals surface area contributed by atoms with E-state index in [0.29, 0.717) is 12.2 Å². The zero-order valence-electron chi connectivity index (χ0n) is 14.4. The molecule has 1 aliphatic heterocycles. The van der Waals surface area contributed by atoms with Gasteiger partial charge in [0.05, 0.1) is 18.0 Å². The van der Waals surface area contributed by atoms with Gasteiger partial charge in [-0.05, 0) is 31.1 Å². The Morgan fingerprint density at radius 1 is 1.12 bits per heavy atom. The lowest BCUT2D eigenvalue weighted by molar-refractivity contribution is -0.0910. The van der Waals surface area contributed by atoms with Crippen molar-refractivity contribution in [2.75, 3.05) is 6.61 Å². The summed E-state index contributed by atoms with van der Waals surface area (Å²) in [4.78, 5) is 0. The lowest BCUT2D eigenvalue weighted by Gasteiger charge is -2.39. The largest absolute Gasteiger partial charge is 0.477 e. The van der Waals surface area contributed by atoms with E-state index in [2.05, 4.69) is 0 Å². The summed E-state index contributed by atoms with van der Waals surface area (Å²) < 4.78 is 5.95. The number of ether oxygens (including phenoxy) is 1. The van der Waals surface area contributed by atoms with Gasteiger partial charge in [-0.2, -0.15) is 0 Å². The quantitative estimate of drug-likeness (QED) is 0.573. The fourth-order valence-corrected chi connectivity index (χ4v) is 3.98. The van der Waals surface area contributed by atoms with Crippen molar-refractivity contribution < 1.29 is 25.2 Å². The van der Waals surface area contributed by atoms with Crippen molar-refractivity contribution in [1.29, 1.82) is 0 Å². The van der Waals surface area contributed by atoms with Crippen LogP contribution in [0.5, 0.6) is 5.75 Å². The summed E-state index contributed by atoms with van der Waals surface area (Å²) in [5.41, 5.74) is 1.33. The Balaban J connectivity index is 2.19. The van der Waals surface area contributed by atoms with Crippen LogP contribution in [-0.4, -0.2) is 56.0 Å². The van der Waals surface area contributed by atoms with Crippen LogP contribution in [0.1, 0.15) is 19.4 Å². The summed E-state index contributed by atoms with van der Waals surface area (Å²) in [7, 11) is 0. The van der Waals surface area contributed by atoms with Gasteiger partial charge in [-0.1, -0.05) is 36.4 Å². The predicted molar refractivity (Wildman–Crippen MR) is 99.6 cm³/mol. The van der Waals surface area contributed by atoms with E-state index < -0.39 is 29.0 Å². The first kappa shape index (κ1) is 20.0. The van der Waals surface area contributed by atoms with E-state index in [4.69, 9.17) is 4.74 Å². The van der Waals surface area contributed by atoms with E-state index in [1.54, 1.807) is 0 Å². The molecule has 1 heterocycles. The molecule has 1 fully saturated rings. The number of hydrogen-bond acceptors (Lipinski definition) is 6. The molecule has 1 aromatic carbocycles. The number of aliphatic hydroxyl groups excluding tert-OH is 4. The van der Waals surface area contributed by atoms with Crippen LogP contribution in [0.25, 0.3) is 0 Å². The number of hydrogen-bond donors (Lipinski definition) is 4. The highest BCUT2D eigenvalue weighted by molar-refractivity contribution is 8.00. The molecule has 0 radical (unpaired) electrons. The number of allylic oxidation sites excluding steroid dienone is 4. The molecule has 0 spiro atoms. The third kappa shape index (κ3) is 4.86. The molecule has 5 unspecified atom stereocenters. The molecular weight excluding hydrogens is 340 g/mol. The molecule has 0 aliphatic carbocycles. The van der Waals surface area contributed by atoms with Crippen LogP contribution in [-0.2, 0) is 6.42 Å². The molecule has 0 saturated carbocycles. The Labute approximate surface area is 152 Å². The fourth-order valence-electron chi connectivity index (χ4n) is 2.75. The van der Waals surface area contributed by atoms with Crippen molar-refractivity contribution in [2.24, 2.45) is 0 Å². The highest BCUT2D eigenvalue weighted by Crippen LogP contribution is 2.35. The highest BCUT2D eigenvalue weighted by atomic mass is 32.2. The van der Waals surface area contributed by atoms with Gasteiger partial charge < -0.3 is 25.2 Å². The van der Waals surface area contributed by atoms with E-state index in [1.165, 1.54) is 0 Å². The Bertz CT molecular complexity index is 614. The molecule has 6 heteroatoms. The van der Waals surface area contributed by atoms with Gasteiger partial charge in [0.1, 0.15) is 18.0 Å². The van der Waals surface area contributed by atoms with Crippen molar-refractivity contribution in [3.8, 4) is 5.75 Å². The van der Waals surface area contributed by atoms with Gasteiger partial charge in [-0.3, -0.25) is 0 Å². The number of rotatable bonds is 6. The van der Waals surface area contributed by atoms with Gasteiger partial charge in [-0.25, -0.2) is 0 Å². The molecule has 2 rings (SSSR count). The molecule has 1 saturated heterocycles. The molecular formula is C19H26O5S. The van der Waals surface area contributed by atoms with Crippen molar-refractivity contribution in [3.63, 3.8) is 0 Å². The predicted octanol–water partition coefficient (Wildman–Crippen LogP) is 1.65. The first-order valence-corrected chi connectivity index (χ1v) is 9.29. The zero-order valence-corrected chi connectivity index (χ0v) is 15.3. The van der Waals surface area contributed by atoms with Crippen LogP contribution >= 0.6 is 11.8 Å². The van der Waals surface area contributed by atoms with Gasteiger partial charge in [0.15, 0.2) is 5.44 Å². The summed E-state index contributed by atoms with van der Waals surface area (Å²) in [5.74, 6) is 0.614. The number of aliphatic hydroxyl groups is 4. The van der Waals surface area contributed by atoms with Crippen LogP contribution in [0.4, 0.5) is 0 Å². The number of benzene rings is 1. The van der Waals surface area contributed by atoms with Gasteiger partial charge in [0.25, 0.3) is 0 Å². The summed E-state index contributed by atoms with van der Waals surface area (Å²) >= 11 is 1.13. The Hall–Kier alpha value is -1.31. The SMILES string of the molecule is C/C=C\C(=C/C)Cc1ccccc1OC1SC(CO)C(O)C(O)C1O. The van der Waals surface area contributed by atoms with Crippen LogP contribution < -0.4 is 4.74 Å². The average molecular weight is 366 g/mol. The molecule has 5 nitrogen and oxygen atoms in total. The molecule has 0 amide bonds. The van der Waals surface area contributed by atoms with E-state index in [-0.39, 0.29) is 6.61 Å². The summed E-state index contributed by atoms with van der Waals surface area (Å²) in [6.45, 7) is 3.63. The lowest BCUT2D eigenvalue weighted by Crippen LogP contribution is -2.55. The van der Waals surface area contributed by atoms with Gasteiger partial charge in [-0.15, -0.1) is 11.8 Å². The second-order valence-corrected chi connectivity index (χ2v) is 7.31. The molecule has 25 heavy (non-hydrogen) atoms. The Morgan fingerprint density at radius 3 is 2.48 bits per heavy atom. The molecule has 1 aromatic rings. The van der Waals surface area contributed by atoms with Crippen molar-refractivity contribution in [1.82, 2.24) is 0 Å². The van der Waals surface area contributed by atoms with E-state index in [0.717, 1.165) is 22.9 Å². The summed E-state index contributed by atoms with van der Waals surface area (Å²) in [6.07, 6.45) is 2.93. The third-order valence-electron chi connectivity index (χ3n) is 4.21. The molecule has 1 aliphatic rings. The lowest BCUT2D eigenvalue weighted by atomic mass is 10.0. The summed E-state index contributed by atoms with van der Waals surface area (Å²) in [6, 6.07) is 7.54. The maximum absolute atomic E-state index is 10.2. The van der Waals surface area contributed by atoms with Gasteiger partial charge in [0, 0.05) is 6.42 Å². The Kier molecular flexibility index (Phi) is 7.53. The molecule has 0 bridgehead atoms. The second kappa shape index (κ2) is 9.40. The van der Waals surface area contributed by atoms with E-state index in [1.807, 2.05) is 56.3 Å². The highest BCUT2D eigenvalue weighted by Gasteiger charge is 2.44. The monoisotopic (exact) mass is 366 g/mol. The van der Waals surface area contributed by atoms with Crippen LogP contribution in [0.2, 0.25) is 0 Å².